The second-order valence-corrected chi connectivity index (χ2v) is 10.0. The number of carbonyl (C=O) groups excluding carboxylic acids is 3. The number of sulfonamides is 1. The minimum absolute atomic E-state index is 0.0185. The molecule has 2 N–H and O–H groups in total. The van der Waals surface area contributed by atoms with E-state index in [-0.39, 0.29) is 38.9 Å². The number of ether oxygens (including phenoxy) is 3. The molecule has 0 aliphatic carbocycles. The lowest BCUT2D eigenvalue weighted by Gasteiger charge is -2.20. The van der Waals surface area contributed by atoms with Crippen LogP contribution in [0.4, 0.5) is 5.69 Å². The predicted octanol–water partition coefficient (Wildman–Crippen LogP) is 3.45. The van der Waals surface area contributed by atoms with Crippen LogP contribution in [0.3, 0.4) is 0 Å². The summed E-state index contributed by atoms with van der Waals surface area (Å²) in [6.45, 7) is 0. The second kappa shape index (κ2) is 12.5. The van der Waals surface area contributed by atoms with Crippen LogP contribution >= 0.6 is 11.6 Å². The van der Waals surface area contributed by atoms with Crippen LogP contribution in [0.2, 0.25) is 5.02 Å². The van der Waals surface area contributed by atoms with Crippen LogP contribution in [-0.2, 0) is 30.7 Å². The molecular weight excluding hydrogens is 536 g/mol. The molecule has 3 aromatic carbocycles. The first kappa shape index (κ1) is 28.6. The monoisotopic (exact) mass is 560 g/mol. The molecular formula is C26H25ClN2O8S. The first-order valence-corrected chi connectivity index (χ1v) is 13.0. The van der Waals surface area contributed by atoms with E-state index in [1.807, 2.05) is 0 Å². The maximum atomic E-state index is 13.4. The average Bonchev–Trinajstić information content (AvgIpc) is 2.91. The van der Waals surface area contributed by atoms with Crippen LogP contribution < -0.4 is 14.8 Å². The zero-order chi connectivity index (χ0) is 27.9. The standard InChI is InChI=1S/C26H25ClN2O8S/c1-35-22-10-9-19(27)15-23(22)38(33,34)29-21(11-16-7-5-4-6-8-16)24(30)28-20-13-17(25(31)36-2)12-18(14-20)26(32)37-3/h4-10,12-15,21,29H,11H2,1-3H3,(H,28,30)/t21-/m0/s1. The molecule has 3 rings (SSSR count). The summed E-state index contributed by atoms with van der Waals surface area (Å²) in [5.41, 5.74) is 0.687. The molecule has 200 valence electrons. The molecule has 1 atom stereocenters. The Morgan fingerprint density at radius 1 is 0.868 bits per heavy atom. The number of benzene rings is 3. The van der Waals surface area contributed by atoms with Crippen molar-refractivity contribution in [3.63, 3.8) is 0 Å². The zero-order valence-corrected chi connectivity index (χ0v) is 22.3. The van der Waals surface area contributed by atoms with Gasteiger partial charge in [0.05, 0.1) is 32.5 Å². The van der Waals surface area contributed by atoms with Gasteiger partial charge in [-0.2, -0.15) is 4.72 Å². The van der Waals surface area contributed by atoms with E-state index >= 15 is 0 Å². The van der Waals surface area contributed by atoms with Crippen molar-refractivity contribution >= 4 is 45.2 Å². The van der Waals surface area contributed by atoms with Gasteiger partial charge in [-0.05, 0) is 48.4 Å². The highest BCUT2D eigenvalue weighted by Gasteiger charge is 2.29. The summed E-state index contributed by atoms with van der Waals surface area (Å²) in [5, 5.41) is 2.73. The zero-order valence-electron chi connectivity index (χ0n) is 20.7. The summed E-state index contributed by atoms with van der Waals surface area (Å²) >= 11 is 6.02. The first-order chi connectivity index (χ1) is 18.1. The lowest BCUT2D eigenvalue weighted by molar-refractivity contribution is -0.117. The summed E-state index contributed by atoms with van der Waals surface area (Å²) in [4.78, 5) is 37.4. The average molecular weight is 561 g/mol. The SMILES string of the molecule is COC(=O)c1cc(NC(=O)[C@H](Cc2ccccc2)NS(=O)(=O)c2cc(Cl)ccc2OC)cc(C(=O)OC)c1. The molecule has 1 amide bonds. The van der Waals surface area contributed by atoms with Gasteiger partial charge in [0.2, 0.25) is 15.9 Å². The van der Waals surface area contributed by atoms with Crippen LogP contribution in [0.15, 0.2) is 71.6 Å². The number of esters is 2. The van der Waals surface area contributed by atoms with Gasteiger partial charge in [-0.3, -0.25) is 4.79 Å². The van der Waals surface area contributed by atoms with Crippen LogP contribution in [-0.4, -0.2) is 53.6 Å². The number of halogens is 1. The van der Waals surface area contributed by atoms with Crippen LogP contribution in [0.25, 0.3) is 0 Å². The summed E-state index contributed by atoms with van der Waals surface area (Å²) in [7, 11) is -0.659. The molecule has 0 heterocycles. The Balaban J connectivity index is 1.99. The second-order valence-electron chi connectivity index (χ2n) is 7.93. The fraction of sp³-hybridized carbons (Fsp3) is 0.192. The Hall–Kier alpha value is -3.93. The normalized spacial score (nSPS) is 11.8. The quantitative estimate of drug-likeness (QED) is 0.360. The number of hydrogen-bond donors (Lipinski definition) is 2. The molecule has 0 aromatic heterocycles. The van der Waals surface area contributed by atoms with Crippen molar-refractivity contribution in [1.82, 2.24) is 4.72 Å². The molecule has 38 heavy (non-hydrogen) atoms. The van der Waals surface area contributed by atoms with E-state index < -0.39 is 33.9 Å². The largest absolute Gasteiger partial charge is 0.495 e. The number of carbonyl (C=O) groups is 3. The van der Waals surface area contributed by atoms with Crippen LogP contribution in [0, 0.1) is 0 Å². The first-order valence-electron chi connectivity index (χ1n) is 11.1. The van der Waals surface area contributed by atoms with Gasteiger partial charge < -0.3 is 19.5 Å². The molecule has 0 aliphatic heterocycles. The molecule has 0 saturated heterocycles. The Labute approximate surface area is 224 Å². The Kier molecular flexibility index (Phi) is 9.45. The third kappa shape index (κ3) is 7.09. The maximum absolute atomic E-state index is 13.4. The lowest BCUT2D eigenvalue weighted by atomic mass is 10.1. The lowest BCUT2D eigenvalue weighted by Crippen LogP contribution is -2.45. The van der Waals surface area contributed by atoms with Crippen LogP contribution in [0.1, 0.15) is 26.3 Å². The van der Waals surface area contributed by atoms with Crippen molar-refractivity contribution < 1.29 is 37.0 Å². The van der Waals surface area contributed by atoms with Gasteiger partial charge in [-0.15, -0.1) is 0 Å². The third-order valence-corrected chi connectivity index (χ3v) is 7.08. The Bertz CT molecular complexity index is 1410. The predicted molar refractivity (Wildman–Crippen MR) is 140 cm³/mol. The molecule has 0 unspecified atom stereocenters. The van der Waals surface area contributed by atoms with Gasteiger partial charge in [0.1, 0.15) is 16.7 Å². The van der Waals surface area contributed by atoms with Gasteiger partial charge >= 0.3 is 11.9 Å². The molecule has 0 aliphatic rings. The highest BCUT2D eigenvalue weighted by atomic mass is 35.5. The molecule has 0 radical (unpaired) electrons. The number of hydrogen-bond acceptors (Lipinski definition) is 8. The van der Waals surface area contributed by atoms with Crippen molar-refractivity contribution in [2.24, 2.45) is 0 Å². The smallest absolute Gasteiger partial charge is 0.337 e. The van der Waals surface area contributed by atoms with Gasteiger partial charge in [0.15, 0.2) is 0 Å². The van der Waals surface area contributed by atoms with Crippen molar-refractivity contribution in [1.29, 1.82) is 0 Å². The fourth-order valence-electron chi connectivity index (χ4n) is 3.55. The minimum atomic E-state index is -4.30. The van der Waals surface area contributed by atoms with E-state index in [1.165, 1.54) is 57.7 Å². The summed E-state index contributed by atoms with van der Waals surface area (Å²) in [6.07, 6.45) is -0.0185. The number of rotatable bonds is 10. The van der Waals surface area contributed by atoms with Crippen molar-refractivity contribution in [2.45, 2.75) is 17.4 Å². The molecule has 0 fully saturated rings. The van der Waals surface area contributed by atoms with Crippen LogP contribution in [0.5, 0.6) is 5.75 Å². The fourth-order valence-corrected chi connectivity index (χ4v) is 5.18. The molecule has 3 aromatic rings. The van der Waals surface area contributed by atoms with Gasteiger partial charge in [-0.25, -0.2) is 18.0 Å². The number of anilines is 1. The van der Waals surface area contributed by atoms with E-state index in [9.17, 15) is 22.8 Å². The molecule has 0 spiro atoms. The van der Waals surface area contributed by atoms with Crippen molar-refractivity contribution in [3.8, 4) is 5.75 Å². The van der Waals surface area contributed by atoms with Gasteiger partial charge in [0.25, 0.3) is 0 Å². The molecule has 12 heteroatoms. The van der Waals surface area contributed by atoms with Gasteiger partial charge in [-0.1, -0.05) is 41.9 Å². The number of methoxy groups -OCH3 is 3. The number of amides is 1. The van der Waals surface area contributed by atoms with E-state index in [0.717, 1.165) is 0 Å². The maximum Gasteiger partial charge on any atom is 0.337 e. The topological polar surface area (TPSA) is 137 Å². The molecule has 0 saturated carbocycles. The van der Waals surface area contributed by atoms with E-state index in [4.69, 9.17) is 25.8 Å². The molecule has 10 nitrogen and oxygen atoms in total. The Morgan fingerprint density at radius 3 is 2.03 bits per heavy atom. The van der Waals surface area contributed by atoms with E-state index in [0.29, 0.717) is 5.56 Å². The highest BCUT2D eigenvalue weighted by Crippen LogP contribution is 2.27. The minimum Gasteiger partial charge on any atom is -0.495 e. The van der Waals surface area contributed by atoms with Gasteiger partial charge in [0, 0.05) is 10.7 Å². The van der Waals surface area contributed by atoms with E-state index in [2.05, 4.69) is 10.0 Å². The summed E-state index contributed by atoms with van der Waals surface area (Å²) in [6, 6.07) is 15.4. The summed E-state index contributed by atoms with van der Waals surface area (Å²) in [5.74, 6) is -2.22. The summed E-state index contributed by atoms with van der Waals surface area (Å²) < 4.78 is 43.7. The third-order valence-electron chi connectivity index (χ3n) is 5.35. The molecule has 0 bridgehead atoms. The van der Waals surface area contributed by atoms with Crippen molar-refractivity contribution in [3.05, 3.63) is 88.4 Å². The number of nitrogens with one attached hydrogen (secondary N) is 2. The Morgan fingerprint density at radius 2 is 1.47 bits per heavy atom. The highest BCUT2D eigenvalue weighted by molar-refractivity contribution is 7.89. The van der Waals surface area contributed by atoms with Crippen molar-refractivity contribution in [2.75, 3.05) is 26.6 Å². The van der Waals surface area contributed by atoms with E-state index in [1.54, 1.807) is 30.3 Å².